The van der Waals surface area contributed by atoms with Gasteiger partial charge >= 0.3 is 5.97 Å². The van der Waals surface area contributed by atoms with Gasteiger partial charge in [0.25, 0.3) is 5.95 Å². The molecule has 0 aliphatic carbocycles. The zero-order valence-corrected chi connectivity index (χ0v) is 14.7. The molecule has 0 amide bonds. The Morgan fingerprint density at radius 3 is 2.52 bits per heavy atom. The summed E-state index contributed by atoms with van der Waals surface area (Å²) in [5, 5.41) is 4.33. The lowest BCUT2D eigenvalue weighted by molar-refractivity contribution is 0.0490. The van der Waals surface area contributed by atoms with Crippen molar-refractivity contribution in [2.24, 2.45) is 0 Å². The minimum absolute atomic E-state index is 0.265. The van der Waals surface area contributed by atoms with E-state index in [0.29, 0.717) is 23.8 Å². The van der Waals surface area contributed by atoms with Crippen LogP contribution in [-0.2, 0) is 11.3 Å². The first-order chi connectivity index (χ1) is 11.9. The lowest BCUT2D eigenvalue weighted by Gasteiger charge is -2.06. The lowest BCUT2D eigenvalue weighted by Crippen LogP contribution is -2.12. The SMILES string of the molecule is Cc1cc(C)nc(-n2cc(C(=O)OCCn3ccnc3C)c(C)n2)n1. The molecular formula is C17H20N6O2. The van der Waals surface area contributed by atoms with Crippen LogP contribution >= 0.6 is 0 Å². The summed E-state index contributed by atoms with van der Waals surface area (Å²) in [6, 6.07) is 1.88. The number of esters is 1. The third kappa shape index (κ3) is 3.73. The Hall–Kier alpha value is -3.03. The Kier molecular flexibility index (Phi) is 4.60. The predicted octanol–water partition coefficient (Wildman–Crippen LogP) is 1.95. The first-order valence-corrected chi connectivity index (χ1v) is 7.98. The highest BCUT2D eigenvalue weighted by Crippen LogP contribution is 2.12. The van der Waals surface area contributed by atoms with Crippen LogP contribution in [0.15, 0.2) is 24.7 Å². The molecule has 3 aromatic rings. The molecule has 0 aliphatic heterocycles. The minimum Gasteiger partial charge on any atom is -0.460 e. The van der Waals surface area contributed by atoms with E-state index >= 15 is 0 Å². The Labute approximate surface area is 145 Å². The average Bonchev–Trinajstić information content (AvgIpc) is 3.12. The van der Waals surface area contributed by atoms with E-state index in [4.69, 9.17) is 4.74 Å². The molecule has 130 valence electrons. The zero-order valence-electron chi connectivity index (χ0n) is 14.7. The van der Waals surface area contributed by atoms with Gasteiger partial charge in [0.2, 0.25) is 0 Å². The molecule has 25 heavy (non-hydrogen) atoms. The van der Waals surface area contributed by atoms with Gasteiger partial charge in [-0.1, -0.05) is 0 Å². The molecule has 3 aromatic heterocycles. The van der Waals surface area contributed by atoms with E-state index in [2.05, 4.69) is 20.1 Å². The first-order valence-electron chi connectivity index (χ1n) is 7.98. The monoisotopic (exact) mass is 340 g/mol. The summed E-state index contributed by atoms with van der Waals surface area (Å²) in [6.45, 7) is 8.27. The molecule has 0 radical (unpaired) electrons. The van der Waals surface area contributed by atoms with Crippen LogP contribution < -0.4 is 0 Å². The number of imidazole rings is 1. The van der Waals surface area contributed by atoms with Crippen molar-refractivity contribution in [2.45, 2.75) is 34.2 Å². The quantitative estimate of drug-likeness (QED) is 0.660. The largest absolute Gasteiger partial charge is 0.460 e. The molecule has 0 spiro atoms. The van der Waals surface area contributed by atoms with Crippen molar-refractivity contribution in [3.05, 3.63) is 53.1 Å². The van der Waals surface area contributed by atoms with Gasteiger partial charge in [0.05, 0.1) is 12.2 Å². The summed E-state index contributed by atoms with van der Waals surface area (Å²) < 4.78 is 8.78. The number of nitrogens with zero attached hydrogens (tertiary/aromatic N) is 6. The van der Waals surface area contributed by atoms with Crippen LogP contribution in [0.4, 0.5) is 0 Å². The summed E-state index contributed by atoms with van der Waals surface area (Å²) in [6.07, 6.45) is 5.17. The molecule has 0 saturated heterocycles. The summed E-state index contributed by atoms with van der Waals surface area (Å²) in [4.78, 5) is 25.2. The first kappa shape index (κ1) is 16.8. The highest BCUT2D eigenvalue weighted by atomic mass is 16.5. The second kappa shape index (κ2) is 6.84. The molecule has 0 saturated carbocycles. The molecule has 0 fully saturated rings. The van der Waals surface area contributed by atoms with Crippen LogP contribution in [-0.4, -0.2) is 41.9 Å². The van der Waals surface area contributed by atoms with E-state index in [1.54, 1.807) is 19.3 Å². The van der Waals surface area contributed by atoms with E-state index in [1.165, 1.54) is 4.68 Å². The zero-order chi connectivity index (χ0) is 18.0. The molecular weight excluding hydrogens is 320 g/mol. The van der Waals surface area contributed by atoms with Gasteiger partial charge in [0.1, 0.15) is 18.0 Å². The molecule has 0 atom stereocenters. The topological polar surface area (TPSA) is 87.7 Å². The maximum atomic E-state index is 12.3. The molecule has 8 nitrogen and oxygen atoms in total. The molecule has 3 heterocycles. The van der Waals surface area contributed by atoms with E-state index < -0.39 is 5.97 Å². The van der Waals surface area contributed by atoms with Crippen LogP contribution in [0.1, 0.15) is 33.3 Å². The fraction of sp³-hybridized carbons (Fsp3) is 0.353. The molecule has 3 rings (SSSR count). The predicted molar refractivity (Wildman–Crippen MR) is 90.6 cm³/mol. The summed E-state index contributed by atoms with van der Waals surface area (Å²) >= 11 is 0. The van der Waals surface area contributed by atoms with Gasteiger partial charge in [-0.25, -0.2) is 24.4 Å². The number of ether oxygens (including phenoxy) is 1. The van der Waals surface area contributed by atoms with Gasteiger partial charge in [-0.15, -0.1) is 0 Å². The van der Waals surface area contributed by atoms with Crippen LogP contribution in [0.5, 0.6) is 0 Å². The summed E-state index contributed by atoms with van der Waals surface area (Å²) in [5.74, 6) is 0.909. The Bertz CT molecular complexity index is 892. The molecule has 0 aromatic carbocycles. The molecule has 0 aliphatic rings. The van der Waals surface area contributed by atoms with Crippen molar-refractivity contribution >= 4 is 5.97 Å². The molecule has 0 N–H and O–H groups in total. The van der Waals surface area contributed by atoms with Gasteiger partial charge in [-0.3, -0.25) is 0 Å². The van der Waals surface area contributed by atoms with Gasteiger partial charge in [0, 0.05) is 30.0 Å². The van der Waals surface area contributed by atoms with Gasteiger partial charge in [-0.2, -0.15) is 5.10 Å². The molecule has 8 heteroatoms. The van der Waals surface area contributed by atoms with Crippen LogP contribution in [0.25, 0.3) is 5.95 Å². The van der Waals surface area contributed by atoms with E-state index in [9.17, 15) is 4.79 Å². The maximum Gasteiger partial charge on any atom is 0.341 e. The number of carbonyl (C=O) groups excluding carboxylic acids is 1. The normalized spacial score (nSPS) is 10.9. The Balaban J connectivity index is 1.71. The second-order valence-electron chi connectivity index (χ2n) is 5.83. The van der Waals surface area contributed by atoms with E-state index in [0.717, 1.165) is 17.2 Å². The summed E-state index contributed by atoms with van der Waals surface area (Å²) in [5.41, 5.74) is 2.67. The number of aryl methyl sites for hydroxylation is 4. The minimum atomic E-state index is -0.411. The fourth-order valence-electron chi connectivity index (χ4n) is 2.53. The van der Waals surface area contributed by atoms with Crippen LogP contribution in [0.2, 0.25) is 0 Å². The Morgan fingerprint density at radius 1 is 1.16 bits per heavy atom. The van der Waals surface area contributed by atoms with Crippen molar-refractivity contribution in [1.82, 2.24) is 29.3 Å². The Morgan fingerprint density at radius 2 is 1.88 bits per heavy atom. The van der Waals surface area contributed by atoms with Crippen LogP contribution in [0.3, 0.4) is 0 Å². The van der Waals surface area contributed by atoms with Crippen molar-refractivity contribution in [2.75, 3.05) is 6.61 Å². The number of hydrogen-bond donors (Lipinski definition) is 0. The maximum absolute atomic E-state index is 12.3. The third-order valence-corrected chi connectivity index (χ3v) is 3.78. The average molecular weight is 340 g/mol. The molecule has 0 bridgehead atoms. The van der Waals surface area contributed by atoms with Crippen molar-refractivity contribution in [3.8, 4) is 5.95 Å². The van der Waals surface area contributed by atoms with E-state index in [1.807, 2.05) is 37.6 Å². The highest BCUT2D eigenvalue weighted by molar-refractivity contribution is 5.90. The van der Waals surface area contributed by atoms with Gasteiger partial charge in [0.15, 0.2) is 0 Å². The highest BCUT2D eigenvalue weighted by Gasteiger charge is 2.17. The lowest BCUT2D eigenvalue weighted by atomic mass is 10.3. The van der Waals surface area contributed by atoms with E-state index in [-0.39, 0.29) is 6.61 Å². The number of rotatable bonds is 5. The van der Waals surface area contributed by atoms with Crippen molar-refractivity contribution < 1.29 is 9.53 Å². The van der Waals surface area contributed by atoms with Crippen LogP contribution in [0, 0.1) is 27.7 Å². The summed E-state index contributed by atoms with van der Waals surface area (Å²) in [7, 11) is 0. The van der Waals surface area contributed by atoms with Gasteiger partial charge in [-0.05, 0) is 33.8 Å². The second-order valence-corrected chi connectivity index (χ2v) is 5.83. The smallest absolute Gasteiger partial charge is 0.341 e. The van der Waals surface area contributed by atoms with Crippen molar-refractivity contribution in [3.63, 3.8) is 0 Å². The fourth-order valence-corrected chi connectivity index (χ4v) is 2.53. The van der Waals surface area contributed by atoms with Gasteiger partial charge < -0.3 is 9.30 Å². The molecule has 0 unspecified atom stereocenters. The third-order valence-electron chi connectivity index (χ3n) is 3.78. The number of aromatic nitrogens is 6. The standard InChI is InChI=1S/C17H20N6O2/c1-11-9-12(2)20-17(19-11)23-10-15(13(3)21-23)16(24)25-8-7-22-6-5-18-14(22)4/h5-6,9-10H,7-8H2,1-4H3. The number of carbonyl (C=O) groups is 1. The van der Waals surface area contributed by atoms with Crippen molar-refractivity contribution in [1.29, 1.82) is 0 Å². The number of hydrogen-bond acceptors (Lipinski definition) is 6.